The van der Waals surface area contributed by atoms with Crippen LogP contribution in [-0.2, 0) is 30.4 Å². The number of benzene rings is 1. The molecule has 5 atom stereocenters. The molecule has 0 aromatic heterocycles. The molecule has 0 fully saturated rings. The van der Waals surface area contributed by atoms with Crippen LogP contribution in [0.15, 0.2) is 24.3 Å². The number of hydrogen-bond acceptors (Lipinski definition) is 7. The number of hydrogen-bond donors (Lipinski definition) is 7. The first-order chi connectivity index (χ1) is 16.8. The second-order valence-electron chi connectivity index (χ2n) is 9.14. The van der Waals surface area contributed by atoms with E-state index in [1.165, 1.54) is 12.1 Å². The standard InChI is InChI=1S/C24H37N5O7/c1-5-13(4)19(26)22(33)27-16(10-14-6-8-15(30)9-7-14)21(32)29-20(12(2)3)23(34)28-17(24(35)36)11-18(25)31/h6-9,12-13,16-17,19-20,30H,5,10-11,26H2,1-4H3,(H2,25,31)(H,27,33)(H,28,34)(H,29,32)(H,35,36). The number of amides is 4. The van der Waals surface area contributed by atoms with Gasteiger partial charge in [0, 0.05) is 6.42 Å². The lowest BCUT2D eigenvalue weighted by Gasteiger charge is -2.27. The Labute approximate surface area is 210 Å². The molecule has 0 aliphatic carbocycles. The Morgan fingerprint density at radius 1 is 0.889 bits per heavy atom. The average molecular weight is 508 g/mol. The molecule has 0 aliphatic rings. The molecule has 1 aromatic rings. The van der Waals surface area contributed by atoms with Crippen molar-refractivity contribution >= 4 is 29.6 Å². The molecule has 12 heteroatoms. The summed E-state index contributed by atoms with van der Waals surface area (Å²) >= 11 is 0. The van der Waals surface area contributed by atoms with Crippen LogP contribution in [0.5, 0.6) is 5.75 Å². The van der Waals surface area contributed by atoms with Gasteiger partial charge in [0.25, 0.3) is 0 Å². The van der Waals surface area contributed by atoms with Gasteiger partial charge in [-0.15, -0.1) is 0 Å². The normalized spacial score (nSPS) is 15.2. The highest BCUT2D eigenvalue weighted by Gasteiger charge is 2.33. The quantitative estimate of drug-likeness (QED) is 0.172. The molecule has 5 unspecified atom stereocenters. The monoisotopic (exact) mass is 507 g/mol. The van der Waals surface area contributed by atoms with Gasteiger partial charge in [0.05, 0.1) is 12.5 Å². The molecule has 0 radical (unpaired) electrons. The molecule has 12 nitrogen and oxygen atoms in total. The molecule has 1 aromatic carbocycles. The van der Waals surface area contributed by atoms with E-state index in [0.717, 1.165) is 0 Å². The van der Waals surface area contributed by atoms with Gasteiger partial charge in [-0.3, -0.25) is 19.2 Å². The van der Waals surface area contributed by atoms with Crippen LogP contribution >= 0.6 is 0 Å². The maximum absolute atomic E-state index is 13.2. The Bertz CT molecular complexity index is 935. The molecule has 0 aliphatic heterocycles. The van der Waals surface area contributed by atoms with Crippen LogP contribution in [0.4, 0.5) is 0 Å². The van der Waals surface area contributed by atoms with E-state index in [4.69, 9.17) is 11.5 Å². The minimum absolute atomic E-state index is 0.0306. The van der Waals surface area contributed by atoms with Crippen LogP contribution < -0.4 is 27.4 Å². The Kier molecular flexibility index (Phi) is 11.8. The van der Waals surface area contributed by atoms with Crippen LogP contribution in [0.25, 0.3) is 0 Å². The molecular formula is C24H37N5O7. The summed E-state index contributed by atoms with van der Waals surface area (Å²) in [6.45, 7) is 6.97. The number of nitrogens with two attached hydrogens (primary N) is 2. The van der Waals surface area contributed by atoms with Crippen molar-refractivity contribution in [3.8, 4) is 5.75 Å². The van der Waals surface area contributed by atoms with E-state index in [-0.39, 0.29) is 18.1 Å². The minimum atomic E-state index is -1.56. The van der Waals surface area contributed by atoms with Crippen molar-refractivity contribution in [1.82, 2.24) is 16.0 Å². The molecule has 36 heavy (non-hydrogen) atoms. The summed E-state index contributed by atoms with van der Waals surface area (Å²) in [5.74, 6) is -5.00. The minimum Gasteiger partial charge on any atom is -0.508 e. The van der Waals surface area contributed by atoms with Gasteiger partial charge in [-0.05, 0) is 29.5 Å². The maximum Gasteiger partial charge on any atom is 0.326 e. The van der Waals surface area contributed by atoms with Crippen LogP contribution in [0.2, 0.25) is 0 Å². The van der Waals surface area contributed by atoms with E-state index in [2.05, 4.69) is 16.0 Å². The number of aromatic hydroxyl groups is 1. The second kappa shape index (κ2) is 14.0. The van der Waals surface area contributed by atoms with Gasteiger partial charge >= 0.3 is 5.97 Å². The van der Waals surface area contributed by atoms with Crippen LogP contribution in [0, 0.1) is 11.8 Å². The lowest BCUT2D eigenvalue weighted by molar-refractivity contribution is -0.144. The lowest BCUT2D eigenvalue weighted by Crippen LogP contribution is -2.59. The maximum atomic E-state index is 13.2. The summed E-state index contributed by atoms with van der Waals surface area (Å²) in [6, 6.07) is 1.34. The van der Waals surface area contributed by atoms with Crippen molar-refractivity contribution in [2.45, 2.75) is 71.1 Å². The summed E-state index contributed by atoms with van der Waals surface area (Å²) in [5.41, 5.74) is 11.7. The second-order valence-corrected chi connectivity index (χ2v) is 9.14. The van der Waals surface area contributed by atoms with Crippen molar-refractivity contribution in [2.75, 3.05) is 0 Å². The highest BCUT2D eigenvalue weighted by molar-refractivity contribution is 5.95. The van der Waals surface area contributed by atoms with Crippen LogP contribution in [0.3, 0.4) is 0 Å². The number of phenolic OH excluding ortho intramolecular Hbond substituents is 1. The Morgan fingerprint density at radius 3 is 1.92 bits per heavy atom. The van der Waals surface area contributed by atoms with E-state index in [1.807, 2.05) is 13.8 Å². The summed E-state index contributed by atoms with van der Waals surface area (Å²) in [6.07, 6.45) is 0.0683. The number of carbonyl (C=O) groups excluding carboxylic acids is 4. The van der Waals surface area contributed by atoms with E-state index in [1.54, 1.807) is 26.0 Å². The van der Waals surface area contributed by atoms with Crippen molar-refractivity contribution in [3.63, 3.8) is 0 Å². The number of carbonyl (C=O) groups is 5. The zero-order chi connectivity index (χ0) is 27.6. The zero-order valence-electron chi connectivity index (χ0n) is 21.0. The number of carboxylic acid groups (broad SMARTS) is 1. The van der Waals surface area contributed by atoms with Crippen molar-refractivity contribution < 1.29 is 34.2 Å². The van der Waals surface area contributed by atoms with Crippen molar-refractivity contribution in [3.05, 3.63) is 29.8 Å². The highest BCUT2D eigenvalue weighted by atomic mass is 16.4. The Morgan fingerprint density at radius 2 is 1.44 bits per heavy atom. The first-order valence-electron chi connectivity index (χ1n) is 11.7. The molecule has 0 saturated heterocycles. The SMILES string of the molecule is CCC(C)C(N)C(=O)NC(Cc1ccc(O)cc1)C(=O)NC(C(=O)NC(CC(N)=O)C(=O)O)C(C)C. The molecule has 0 spiro atoms. The third-order valence-corrected chi connectivity index (χ3v) is 5.84. The summed E-state index contributed by atoms with van der Waals surface area (Å²) in [5, 5.41) is 26.2. The smallest absolute Gasteiger partial charge is 0.326 e. The number of rotatable bonds is 14. The molecule has 1 rings (SSSR count). The van der Waals surface area contributed by atoms with Gasteiger partial charge in [0.15, 0.2) is 0 Å². The predicted octanol–water partition coefficient (Wildman–Crippen LogP) is -0.621. The van der Waals surface area contributed by atoms with E-state index >= 15 is 0 Å². The largest absolute Gasteiger partial charge is 0.508 e. The first kappa shape index (κ1) is 30.4. The molecule has 0 saturated carbocycles. The van der Waals surface area contributed by atoms with Gasteiger partial charge in [0.2, 0.25) is 23.6 Å². The summed E-state index contributed by atoms with van der Waals surface area (Å²) < 4.78 is 0. The Balaban J connectivity index is 3.13. The fraction of sp³-hybridized carbons (Fsp3) is 0.542. The highest BCUT2D eigenvalue weighted by Crippen LogP contribution is 2.13. The summed E-state index contributed by atoms with van der Waals surface area (Å²) in [7, 11) is 0. The van der Waals surface area contributed by atoms with Crippen LogP contribution in [-0.4, -0.2) is 64.0 Å². The van der Waals surface area contributed by atoms with Gasteiger partial charge in [-0.1, -0.05) is 46.2 Å². The third-order valence-electron chi connectivity index (χ3n) is 5.84. The van der Waals surface area contributed by atoms with E-state index < -0.39 is 66.1 Å². The Hall–Kier alpha value is -3.67. The number of primary amides is 1. The first-order valence-corrected chi connectivity index (χ1v) is 11.7. The van der Waals surface area contributed by atoms with E-state index in [9.17, 15) is 34.2 Å². The fourth-order valence-corrected chi connectivity index (χ4v) is 3.31. The molecule has 0 heterocycles. The van der Waals surface area contributed by atoms with Gasteiger partial charge < -0.3 is 37.6 Å². The van der Waals surface area contributed by atoms with E-state index in [0.29, 0.717) is 12.0 Å². The predicted molar refractivity (Wildman–Crippen MR) is 131 cm³/mol. The number of nitrogens with one attached hydrogen (secondary N) is 3. The van der Waals surface area contributed by atoms with Gasteiger partial charge in [-0.2, -0.15) is 0 Å². The zero-order valence-corrected chi connectivity index (χ0v) is 21.0. The molecular weight excluding hydrogens is 470 g/mol. The molecule has 9 N–H and O–H groups in total. The molecule has 200 valence electrons. The number of phenols is 1. The summed E-state index contributed by atoms with van der Waals surface area (Å²) in [4.78, 5) is 61.4. The number of carboxylic acids is 1. The molecule has 4 amide bonds. The topological polar surface area (TPSA) is 214 Å². The van der Waals surface area contributed by atoms with Gasteiger partial charge in [-0.25, -0.2) is 4.79 Å². The number of aliphatic carboxylic acids is 1. The van der Waals surface area contributed by atoms with Crippen LogP contribution in [0.1, 0.15) is 46.1 Å². The fourth-order valence-electron chi connectivity index (χ4n) is 3.31. The van der Waals surface area contributed by atoms with Crippen molar-refractivity contribution in [2.24, 2.45) is 23.3 Å². The van der Waals surface area contributed by atoms with Crippen molar-refractivity contribution in [1.29, 1.82) is 0 Å². The third kappa shape index (κ3) is 9.53. The lowest BCUT2D eigenvalue weighted by atomic mass is 9.97. The average Bonchev–Trinajstić information content (AvgIpc) is 2.80. The molecule has 0 bridgehead atoms. The van der Waals surface area contributed by atoms with Gasteiger partial charge in [0.1, 0.15) is 23.9 Å².